The minimum absolute atomic E-state index is 0.0462. The van der Waals surface area contributed by atoms with Gasteiger partial charge in [0.2, 0.25) is 0 Å². The molecule has 0 radical (unpaired) electrons. The van der Waals surface area contributed by atoms with Gasteiger partial charge in [-0.3, -0.25) is 4.79 Å². The predicted octanol–water partition coefficient (Wildman–Crippen LogP) is 4.45. The number of carbonyl (C=O) groups is 1. The summed E-state index contributed by atoms with van der Waals surface area (Å²) in [7, 11) is 0. The number of amides is 1. The molecule has 0 saturated carbocycles. The Morgan fingerprint density at radius 3 is 2.17 bits per heavy atom. The Labute approximate surface area is 138 Å². The van der Waals surface area contributed by atoms with Crippen molar-refractivity contribution in [1.82, 2.24) is 5.32 Å². The smallest absolute Gasteiger partial charge is 0.261 e. The number of hydrogen-bond acceptors (Lipinski definition) is 2. The molecule has 0 spiro atoms. The molecule has 0 aromatic heterocycles. The molecule has 1 amide bonds. The zero-order valence-corrected chi connectivity index (χ0v) is 14.2. The van der Waals surface area contributed by atoms with Gasteiger partial charge in [-0.2, -0.15) is 0 Å². The molecule has 0 fully saturated rings. The molecule has 1 N–H and O–H groups in total. The molecule has 2 aromatic carbocycles. The first-order valence-corrected chi connectivity index (χ1v) is 8.10. The second-order valence-corrected chi connectivity index (χ2v) is 6.09. The lowest BCUT2D eigenvalue weighted by Crippen LogP contribution is -2.37. The van der Waals surface area contributed by atoms with Crippen molar-refractivity contribution in [3.05, 3.63) is 65.7 Å². The van der Waals surface area contributed by atoms with Crippen LogP contribution in [0.3, 0.4) is 0 Å². The topological polar surface area (TPSA) is 38.3 Å². The lowest BCUT2D eigenvalue weighted by molar-refractivity contribution is -0.127. The molecule has 0 heterocycles. The van der Waals surface area contributed by atoms with Gasteiger partial charge in [-0.05, 0) is 37.0 Å². The van der Waals surface area contributed by atoms with E-state index in [2.05, 4.69) is 19.2 Å². The van der Waals surface area contributed by atoms with Crippen LogP contribution in [0.25, 0.3) is 0 Å². The minimum Gasteiger partial charge on any atom is -0.481 e. The van der Waals surface area contributed by atoms with Crippen molar-refractivity contribution in [2.45, 2.75) is 45.8 Å². The van der Waals surface area contributed by atoms with Crippen LogP contribution in [0, 0.1) is 0 Å². The first-order valence-electron chi connectivity index (χ1n) is 8.10. The van der Waals surface area contributed by atoms with Crippen LogP contribution in [0.2, 0.25) is 0 Å². The summed E-state index contributed by atoms with van der Waals surface area (Å²) in [6, 6.07) is 17.7. The van der Waals surface area contributed by atoms with Crippen molar-refractivity contribution in [2.24, 2.45) is 0 Å². The molecule has 2 aromatic rings. The lowest BCUT2D eigenvalue weighted by atomic mass is 10.0. The van der Waals surface area contributed by atoms with Gasteiger partial charge in [-0.15, -0.1) is 0 Å². The lowest BCUT2D eigenvalue weighted by Gasteiger charge is -2.21. The fraction of sp³-hybridized carbons (Fsp3) is 0.350. The van der Waals surface area contributed by atoms with E-state index in [0.717, 1.165) is 16.9 Å². The van der Waals surface area contributed by atoms with Crippen molar-refractivity contribution in [3.8, 4) is 5.75 Å². The van der Waals surface area contributed by atoms with Crippen molar-refractivity contribution in [3.63, 3.8) is 0 Å². The van der Waals surface area contributed by atoms with Crippen LogP contribution in [0.4, 0.5) is 0 Å². The highest BCUT2D eigenvalue weighted by Gasteiger charge is 2.19. The third kappa shape index (κ3) is 4.59. The molecule has 122 valence electrons. The molecule has 0 aliphatic carbocycles. The summed E-state index contributed by atoms with van der Waals surface area (Å²) >= 11 is 0. The zero-order chi connectivity index (χ0) is 16.8. The molecule has 0 aliphatic rings. The molecule has 0 aliphatic heterocycles. The van der Waals surface area contributed by atoms with E-state index >= 15 is 0 Å². The Morgan fingerprint density at radius 1 is 0.913 bits per heavy atom. The summed E-state index contributed by atoms with van der Waals surface area (Å²) in [5, 5.41) is 3.00. The van der Waals surface area contributed by atoms with Crippen LogP contribution in [0.5, 0.6) is 5.75 Å². The van der Waals surface area contributed by atoms with Gasteiger partial charge in [0, 0.05) is 0 Å². The van der Waals surface area contributed by atoms with Crippen molar-refractivity contribution < 1.29 is 9.53 Å². The fourth-order valence-corrected chi connectivity index (χ4v) is 2.46. The van der Waals surface area contributed by atoms with E-state index in [1.165, 1.54) is 0 Å². The van der Waals surface area contributed by atoms with Gasteiger partial charge in [-0.25, -0.2) is 0 Å². The highest BCUT2D eigenvalue weighted by molar-refractivity contribution is 5.81. The maximum Gasteiger partial charge on any atom is 0.261 e. The molecular weight excluding hydrogens is 286 g/mol. The van der Waals surface area contributed by atoms with Crippen molar-refractivity contribution in [1.29, 1.82) is 0 Å². The summed E-state index contributed by atoms with van der Waals surface area (Å²) in [6.45, 7) is 7.99. The van der Waals surface area contributed by atoms with E-state index in [1.807, 2.05) is 61.5 Å². The predicted molar refractivity (Wildman–Crippen MR) is 93.6 cm³/mol. The summed E-state index contributed by atoms with van der Waals surface area (Å²) in [6.07, 6.45) is -0.541. The number of nitrogens with one attached hydrogen (secondary N) is 1. The van der Waals surface area contributed by atoms with E-state index in [-0.39, 0.29) is 11.9 Å². The van der Waals surface area contributed by atoms with Gasteiger partial charge in [0.15, 0.2) is 6.10 Å². The summed E-state index contributed by atoms with van der Waals surface area (Å²) in [5.41, 5.74) is 2.19. The largest absolute Gasteiger partial charge is 0.481 e. The van der Waals surface area contributed by atoms with Crippen LogP contribution < -0.4 is 10.1 Å². The van der Waals surface area contributed by atoms with Gasteiger partial charge in [0.1, 0.15) is 5.75 Å². The van der Waals surface area contributed by atoms with E-state index in [4.69, 9.17) is 4.74 Å². The van der Waals surface area contributed by atoms with Gasteiger partial charge in [-0.1, -0.05) is 62.4 Å². The highest BCUT2D eigenvalue weighted by atomic mass is 16.5. The van der Waals surface area contributed by atoms with Crippen LogP contribution in [0.15, 0.2) is 54.6 Å². The second kappa shape index (κ2) is 7.82. The third-order valence-electron chi connectivity index (χ3n) is 3.87. The molecule has 2 rings (SSSR count). The Hall–Kier alpha value is -2.29. The Bertz CT molecular complexity index is 637. The average Bonchev–Trinajstić information content (AvgIpc) is 2.55. The summed E-state index contributed by atoms with van der Waals surface area (Å²) in [4.78, 5) is 12.4. The zero-order valence-electron chi connectivity index (χ0n) is 14.2. The normalized spacial score (nSPS) is 13.4. The molecular formula is C20H25NO2. The monoisotopic (exact) mass is 311 g/mol. The first-order chi connectivity index (χ1) is 11.0. The van der Waals surface area contributed by atoms with E-state index in [0.29, 0.717) is 5.92 Å². The standard InChI is InChI=1S/C20H25NO2/c1-14(2)18-12-8-9-13-19(18)23-16(4)20(22)21-15(3)17-10-6-5-7-11-17/h5-16H,1-4H3,(H,21,22)/t15-,16-/m1/s1. The van der Waals surface area contributed by atoms with Crippen LogP contribution >= 0.6 is 0 Å². The molecule has 2 atom stereocenters. The average molecular weight is 311 g/mol. The maximum absolute atomic E-state index is 12.4. The molecule has 0 bridgehead atoms. The number of benzene rings is 2. The number of para-hydroxylation sites is 1. The molecule has 0 saturated heterocycles. The molecule has 23 heavy (non-hydrogen) atoms. The minimum atomic E-state index is -0.541. The Morgan fingerprint density at radius 2 is 1.52 bits per heavy atom. The van der Waals surface area contributed by atoms with Gasteiger partial charge in [0.05, 0.1) is 6.04 Å². The Balaban J connectivity index is 2.01. The highest BCUT2D eigenvalue weighted by Crippen LogP contribution is 2.26. The van der Waals surface area contributed by atoms with Crippen LogP contribution in [-0.4, -0.2) is 12.0 Å². The number of carbonyl (C=O) groups excluding carboxylic acids is 1. The second-order valence-electron chi connectivity index (χ2n) is 6.09. The summed E-state index contributed by atoms with van der Waals surface area (Å²) < 4.78 is 5.89. The maximum atomic E-state index is 12.4. The van der Waals surface area contributed by atoms with Crippen LogP contribution in [0.1, 0.15) is 50.8 Å². The molecule has 3 nitrogen and oxygen atoms in total. The quantitative estimate of drug-likeness (QED) is 0.855. The Kier molecular flexibility index (Phi) is 5.80. The van der Waals surface area contributed by atoms with Crippen LogP contribution in [-0.2, 0) is 4.79 Å². The third-order valence-corrected chi connectivity index (χ3v) is 3.87. The van der Waals surface area contributed by atoms with Gasteiger partial charge < -0.3 is 10.1 Å². The number of rotatable bonds is 6. The summed E-state index contributed by atoms with van der Waals surface area (Å²) in [5.74, 6) is 1.02. The van der Waals surface area contributed by atoms with E-state index in [9.17, 15) is 4.79 Å². The van der Waals surface area contributed by atoms with E-state index < -0.39 is 6.10 Å². The van der Waals surface area contributed by atoms with Crippen molar-refractivity contribution >= 4 is 5.91 Å². The van der Waals surface area contributed by atoms with Gasteiger partial charge in [0.25, 0.3) is 5.91 Å². The SMILES string of the molecule is CC(C)c1ccccc1O[C@H](C)C(=O)N[C@H](C)c1ccccc1. The number of hydrogen-bond donors (Lipinski definition) is 1. The van der Waals surface area contributed by atoms with Gasteiger partial charge >= 0.3 is 0 Å². The van der Waals surface area contributed by atoms with E-state index in [1.54, 1.807) is 6.92 Å². The first kappa shape index (κ1) is 17.1. The van der Waals surface area contributed by atoms with Crippen molar-refractivity contribution in [2.75, 3.05) is 0 Å². The number of ether oxygens (including phenoxy) is 1. The fourth-order valence-electron chi connectivity index (χ4n) is 2.46. The molecule has 0 unspecified atom stereocenters. The molecule has 3 heteroatoms.